The molecule has 0 aromatic heterocycles. The molecule has 6 heteroatoms. The average molecular weight is 387 g/mol. The van der Waals surface area contributed by atoms with E-state index in [1.165, 1.54) is 6.42 Å². The van der Waals surface area contributed by atoms with E-state index in [9.17, 15) is 4.21 Å². The summed E-state index contributed by atoms with van der Waals surface area (Å²) in [4.78, 5) is 6.21. The largest absolute Gasteiger partial charge is 0.353 e. The van der Waals surface area contributed by atoms with Crippen molar-refractivity contribution in [2.45, 2.75) is 43.9 Å². The van der Waals surface area contributed by atoms with E-state index in [1.807, 2.05) is 25.9 Å². The van der Waals surface area contributed by atoms with Gasteiger partial charge in [0.1, 0.15) is 0 Å². The summed E-state index contributed by atoms with van der Waals surface area (Å²) in [6.07, 6.45) is 4.44. The van der Waals surface area contributed by atoms with Crippen LogP contribution < -0.4 is 5.32 Å². The van der Waals surface area contributed by atoms with Crippen molar-refractivity contribution < 1.29 is 4.21 Å². The van der Waals surface area contributed by atoms with Crippen molar-refractivity contribution in [3.63, 3.8) is 0 Å². The van der Waals surface area contributed by atoms with Crippen LogP contribution in [0.1, 0.15) is 32.6 Å². The van der Waals surface area contributed by atoms with Gasteiger partial charge in [-0.05, 0) is 19.3 Å². The van der Waals surface area contributed by atoms with Gasteiger partial charge in [-0.3, -0.25) is 9.20 Å². The first-order valence-electron chi connectivity index (χ1n) is 6.36. The number of nitrogens with one attached hydrogen (secondary N) is 1. The van der Waals surface area contributed by atoms with Gasteiger partial charge in [-0.25, -0.2) is 0 Å². The molecule has 1 rings (SSSR count). The van der Waals surface area contributed by atoms with Crippen molar-refractivity contribution in [2.75, 3.05) is 26.9 Å². The maximum Gasteiger partial charge on any atom is 0.193 e. The topological polar surface area (TPSA) is 44.7 Å². The zero-order valence-electron chi connectivity index (χ0n) is 11.8. The molecule has 108 valence electrons. The predicted molar refractivity (Wildman–Crippen MR) is 90.3 cm³/mol. The van der Waals surface area contributed by atoms with Gasteiger partial charge in [0.15, 0.2) is 5.96 Å². The SMILES string of the molecule is CCS(=O)C1CCCC(NC(=NC)N(C)C)C1.I. The Labute approximate surface area is 130 Å². The monoisotopic (exact) mass is 387 g/mol. The van der Waals surface area contributed by atoms with Crippen LogP contribution in [-0.2, 0) is 10.8 Å². The third-order valence-electron chi connectivity index (χ3n) is 3.25. The van der Waals surface area contributed by atoms with E-state index in [0.717, 1.165) is 31.0 Å². The molecule has 4 nitrogen and oxygen atoms in total. The van der Waals surface area contributed by atoms with Crippen molar-refractivity contribution in [3.8, 4) is 0 Å². The summed E-state index contributed by atoms with van der Waals surface area (Å²) >= 11 is 0. The Morgan fingerprint density at radius 1 is 1.44 bits per heavy atom. The van der Waals surface area contributed by atoms with Gasteiger partial charge in [-0.15, -0.1) is 24.0 Å². The first kappa shape index (κ1) is 18.1. The molecule has 1 saturated carbocycles. The van der Waals surface area contributed by atoms with Crippen LogP contribution in [0.2, 0.25) is 0 Å². The molecule has 0 radical (unpaired) electrons. The molecular formula is C12H26IN3OS. The van der Waals surface area contributed by atoms with Crippen molar-refractivity contribution in [2.24, 2.45) is 4.99 Å². The van der Waals surface area contributed by atoms with Gasteiger partial charge >= 0.3 is 0 Å². The molecule has 18 heavy (non-hydrogen) atoms. The summed E-state index contributed by atoms with van der Waals surface area (Å²) in [5.74, 6) is 1.69. The molecular weight excluding hydrogens is 361 g/mol. The van der Waals surface area contributed by atoms with Gasteiger partial charge < -0.3 is 10.2 Å². The van der Waals surface area contributed by atoms with Gasteiger partial charge in [0, 0.05) is 49.0 Å². The van der Waals surface area contributed by atoms with E-state index in [-0.39, 0.29) is 24.0 Å². The first-order valence-corrected chi connectivity index (χ1v) is 7.74. The fraction of sp³-hybridized carbons (Fsp3) is 0.917. The van der Waals surface area contributed by atoms with E-state index < -0.39 is 10.8 Å². The number of halogens is 1. The Bertz CT molecular complexity index is 297. The van der Waals surface area contributed by atoms with Crippen LogP contribution in [0.25, 0.3) is 0 Å². The highest BCUT2D eigenvalue weighted by molar-refractivity contribution is 14.0. The van der Waals surface area contributed by atoms with Gasteiger partial charge in [0.2, 0.25) is 0 Å². The van der Waals surface area contributed by atoms with Gasteiger partial charge in [-0.1, -0.05) is 13.3 Å². The number of hydrogen-bond donors (Lipinski definition) is 1. The molecule has 1 N–H and O–H groups in total. The first-order chi connectivity index (χ1) is 8.08. The normalized spacial score (nSPS) is 26.1. The number of aliphatic imine (C=N–C) groups is 1. The second-order valence-electron chi connectivity index (χ2n) is 4.74. The molecule has 3 unspecified atom stereocenters. The molecule has 0 aliphatic heterocycles. The average Bonchev–Trinajstić information content (AvgIpc) is 2.34. The summed E-state index contributed by atoms with van der Waals surface area (Å²) < 4.78 is 11.8. The van der Waals surface area contributed by atoms with E-state index in [2.05, 4.69) is 10.3 Å². The highest BCUT2D eigenvalue weighted by atomic mass is 127. The maximum atomic E-state index is 11.8. The summed E-state index contributed by atoms with van der Waals surface area (Å²) in [5, 5.41) is 3.82. The number of guanidine groups is 1. The van der Waals surface area contributed by atoms with Crippen LogP contribution >= 0.6 is 24.0 Å². The van der Waals surface area contributed by atoms with Crippen molar-refractivity contribution in [3.05, 3.63) is 0 Å². The van der Waals surface area contributed by atoms with E-state index in [0.29, 0.717) is 11.3 Å². The summed E-state index contributed by atoms with van der Waals surface area (Å²) in [5.41, 5.74) is 0. The number of rotatable bonds is 3. The Kier molecular flexibility index (Phi) is 9.19. The predicted octanol–water partition coefficient (Wildman–Crippen LogP) is 1.82. The quantitative estimate of drug-likeness (QED) is 0.457. The smallest absolute Gasteiger partial charge is 0.193 e. The second kappa shape index (κ2) is 9.12. The maximum absolute atomic E-state index is 11.8. The van der Waals surface area contributed by atoms with Crippen molar-refractivity contribution in [1.29, 1.82) is 0 Å². The zero-order chi connectivity index (χ0) is 12.8. The lowest BCUT2D eigenvalue weighted by Crippen LogP contribution is -2.46. The van der Waals surface area contributed by atoms with Gasteiger partial charge in [0.05, 0.1) is 0 Å². The minimum Gasteiger partial charge on any atom is -0.353 e. The number of nitrogens with zero attached hydrogens (tertiary/aromatic N) is 2. The summed E-state index contributed by atoms with van der Waals surface area (Å²) in [7, 11) is 5.12. The Morgan fingerprint density at radius 2 is 2.11 bits per heavy atom. The Hall–Kier alpha value is 0.150. The summed E-state index contributed by atoms with van der Waals surface area (Å²) in [6.45, 7) is 2.01. The highest BCUT2D eigenvalue weighted by Crippen LogP contribution is 2.23. The van der Waals surface area contributed by atoms with E-state index in [4.69, 9.17) is 0 Å². The summed E-state index contributed by atoms with van der Waals surface area (Å²) in [6, 6.07) is 0.422. The molecule has 0 aromatic carbocycles. The lowest BCUT2D eigenvalue weighted by molar-refractivity contribution is 0.403. The van der Waals surface area contributed by atoms with Crippen LogP contribution in [0.3, 0.4) is 0 Å². The fourth-order valence-corrected chi connectivity index (χ4v) is 3.67. The highest BCUT2D eigenvalue weighted by Gasteiger charge is 2.26. The second-order valence-corrected chi connectivity index (χ2v) is 6.75. The Morgan fingerprint density at radius 3 is 2.61 bits per heavy atom. The molecule has 0 amide bonds. The lowest BCUT2D eigenvalue weighted by atomic mass is 9.95. The molecule has 1 fully saturated rings. The fourth-order valence-electron chi connectivity index (χ4n) is 2.33. The molecule has 0 saturated heterocycles. The third-order valence-corrected chi connectivity index (χ3v) is 4.99. The third kappa shape index (κ3) is 5.42. The lowest BCUT2D eigenvalue weighted by Gasteiger charge is -2.31. The molecule has 1 aliphatic rings. The van der Waals surface area contributed by atoms with Crippen LogP contribution in [0.15, 0.2) is 4.99 Å². The molecule has 3 atom stereocenters. The Balaban J connectivity index is 0.00000289. The van der Waals surface area contributed by atoms with E-state index >= 15 is 0 Å². The molecule has 1 aliphatic carbocycles. The molecule has 0 aromatic rings. The van der Waals surface area contributed by atoms with Gasteiger partial charge in [-0.2, -0.15) is 0 Å². The molecule has 0 spiro atoms. The standard InChI is InChI=1S/C12H25N3OS.HI/c1-5-17(16)11-8-6-7-10(9-11)14-12(13-2)15(3)4;/h10-11H,5-9H2,1-4H3,(H,13,14);1H. The van der Waals surface area contributed by atoms with Crippen LogP contribution in [0.5, 0.6) is 0 Å². The van der Waals surface area contributed by atoms with Crippen LogP contribution in [0, 0.1) is 0 Å². The minimum atomic E-state index is -0.655. The molecule has 0 heterocycles. The van der Waals surface area contributed by atoms with Crippen molar-refractivity contribution >= 4 is 40.7 Å². The van der Waals surface area contributed by atoms with Gasteiger partial charge in [0.25, 0.3) is 0 Å². The minimum absolute atomic E-state index is 0. The van der Waals surface area contributed by atoms with E-state index in [1.54, 1.807) is 7.05 Å². The molecule has 0 bridgehead atoms. The van der Waals surface area contributed by atoms with Crippen LogP contribution in [-0.4, -0.2) is 53.3 Å². The van der Waals surface area contributed by atoms with Crippen LogP contribution in [0.4, 0.5) is 0 Å². The van der Waals surface area contributed by atoms with Crippen molar-refractivity contribution in [1.82, 2.24) is 10.2 Å². The number of hydrogen-bond acceptors (Lipinski definition) is 2. The zero-order valence-corrected chi connectivity index (χ0v) is 15.0.